The third kappa shape index (κ3) is 6.53. The lowest BCUT2D eigenvalue weighted by atomic mass is 9.97. The Morgan fingerprint density at radius 3 is 1.41 bits per heavy atom. The first-order valence-electron chi connectivity index (χ1n) is 21.3. The maximum atomic E-state index is 5.25. The summed E-state index contributed by atoms with van der Waals surface area (Å²) >= 11 is 0. The molecule has 63 heavy (non-hydrogen) atoms. The summed E-state index contributed by atoms with van der Waals surface area (Å²) in [4.78, 5) is 15.5. The van der Waals surface area contributed by atoms with Crippen molar-refractivity contribution in [1.82, 2.24) is 19.5 Å². The Morgan fingerprint density at radius 2 is 0.762 bits per heavy atom. The second-order valence-electron chi connectivity index (χ2n) is 16.0. The maximum Gasteiger partial charge on any atom is 0.160 e. The lowest BCUT2D eigenvalue weighted by molar-refractivity contribution is 1.18. The summed E-state index contributed by atoms with van der Waals surface area (Å²) in [5, 5.41) is 5.87. The number of aromatic nitrogens is 4. The summed E-state index contributed by atoms with van der Waals surface area (Å²) < 4.78 is 2.42. The summed E-state index contributed by atoms with van der Waals surface area (Å²) in [6.07, 6.45) is 0. The van der Waals surface area contributed by atoms with Gasteiger partial charge in [0.15, 0.2) is 5.82 Å². The topological polar surface area (TPSA) is 43.6 Å². The van der Waals surface area contributed by atoms with Crippen molar-refractivity contribution < 1.29 is 0 Å². The van der Waals surface area contributed by atoms with Gasteiger partial charge in [0.25, 0.3) is 0 Å². The molecule has 0 saturated heterocycles. The van der Waals surface area contributed by atoms with Crippen LogP contribution in [0.3, 0.4) is 0 Å². The number of rotatable bonds is 7. The van der Waals surface area contributed by atoms with E-state index in [0.29, 0.717) is 5.82 Å². The monoisotopic (exact) mass is 802 g/mol. The van der Waals surface area contributed by atoms with Crippen molar-refractivity contribution in [1.29, 1.82) is 0 Å². The maximum absolute atomic E-state index is 5.25. The molecule has 0 bridgehead atoms. The van der Waals surface area contributed by atoms with Crippen molar-refractivity contribution in [3.8, 4) is 73.1 Å². The van der Waals surface area contributed by atoms with Crippen LogP contribution >= 0.6 is 0 Å². The van der Waals surface area contributed by atoms with Gasteiger partial charge in [-0.3, -0.25) is 0 Å². The lowest BCUT2D eigenvalue weighted by Crippen LogP contribution is -1.96. The first kappa shape index (κ1) is 36.4. The van der Waals surface area contributed by atoms with Gasteiger partial charge in [-0.1, -0.05) is 188 Å². The van der Waals surface area contributed by atoms with E-state index in [1.165, 1.54) is 27.3 Å². The molecule has 0 aliphatic carbocycles. The standard InChI is InChI=1S/C59H38N4/c1-5-15-39(16-6-1)40-25-29-42(30-26-40)54-38-55(62-59(61-54)45-19-9-3-10-20-45)43-31-27-41(28-32-43)46-33-34-49-51-36-52-50(37-57(51)63(56(49)35-46)47-21-11-4-12-22-47)48-23-13-14-24-53(48)60-58(52)44-17-7-2-8-18-44/h1-38H. The fourth-order valence-electron chi connectivity index (χ4n) is 9.07. The highest BCUT2D eigenvalue weighted by atomic mass is 15.0. The van der Waals surface area contributed by atoms with Gasteiger partial charge in [-0.05, 0) is 70.1 Å². The van der Waals surface area contributed by atoms with Crippen LogP contribution in [0.1, 0.15) is 0 Å². The van der Waals surface area contributed by atoms with Crippen molar-refractivity contribution >= 4 is 43.5 Å². The SMILES string of the molecule is c1ccc(-c2ccc(-c3cc(-c4ccc(-c5ccc6c7cc8c(-c9ccccc9)nc9ccccc9c8cc7n(-c7ccccc7)c6c5)cc4)nc(-c4ccccc4)n3)cc2)cc1. The molecule has 0 aliphatic heterocycles. The summed E-state index contributed by atoms with van der Waals surface area (Å²) in [6.45, 7) is 0. The van der Waals surface area contributed by atoms with E-state index in [0.717, 1.165) is 83.5 Å². The van der Waals surface area contributed by atoms with E-state index in [-0.39, 0.29) is 0 Å². The van der Waals surface area contributed by atoms with Crippen LogP contribution in [0.25, 0.3) is 117 Å². The van der Waals surface area contributed by atoms with Gasteiger partial charge in [-0.15, -0.1) is 0 Å². The van der Waals surface area contributed by atoms with Gasteiger partial charge >= 0.3 is 0 Å². The van der Waals surface area contributed by atoms with E-state index in [1.54, 1.807) is 0 Å². The fourth-order valence-corrected chi connectivity index (χ4v) is 9.07. The summed E-state index contributed by atoms with van der Waals surface area (Å²) in [6, 6.07) is 81.6. The second-order valence-corrected chi connectivity index (χ2v) is 16.0. The first-order chi connectivity index (χ1) is 31.2. The summed E-state index contributed by atoms with van der Waals surface area (Å²) in [5.74, 6) is 0.700. The molecule has 0 amide bonds. The van der Waals surface area contributed by atoms with Gasteiger partial charge in [-0.2, -0.15) is 0 Å². The molecule has 0 N–H and O–H groups in total. The molecule has 0 fully saturated rings. The van der Waals surface area contributed by atoms with E-state index in [2.05, 4.69) is 211 Å². The Balaban J connectivity index is 0.980. The highest BCUT2D eigenvalue weighted by Gasteiger charge is 2.19. The zero-order valence-corrected chi connectivity index (χ0v) is 34.2. The Kier molecular flexibility index (Phi) is 8.79. The Morgan fingerprint density at radius 1 is 0.270 bits per heavy atom. The van der Waals surface area contributed by atoms with E-state index >= 15 is 0 Å². The van der Waals surface area contributed by atoms with E-state index in [1.807, 2.05) is 24.3 Å². The highest BCUT2D eigenvalue weighted by molar-refractivity contribution is 6.20. The molecule has 0 saturated carbocycles. The first-order valence-corrected chi connectivity index (χ1v) is 21.3. The van der Waals surface area contributed by atoms with Crippen LogP contribution in [0.2, 0.25) is 0 Å². The minimum Gasteiger partial charge on any atom is -0.309 e. The normalized spacial score (nSPS) is 11.5. The number of hydrogen-bond acceptors (Lipinski definition) is 3. The molecule has 3 heterocycles. The Hall–Kier alpha value is -8.47. The summed E-state index contributed by atoms with van der Waals surface area (Å²) in [5.41, 5.74) is 16.0. The van der Waals surface area contributed by atoms with Gasteiger partial charge in [0.1, 0.15) is 0 Å². The molecule has 0 atom stereocenters. The van der Waals surface area contributed by atoms with Crippen molar-refractivity contribution in [3.05, 3.63) is 231 Å². The highest BCUT2D eigenvalue weighted by Crippen LogP contribution is 2.41. The predicted molar refractivity (Wildman–Crippen MR) is 262 cm³/mol. The zero-order valence-electron chi connectivity index (χ0n) is 34.2. The van der Waals surface area contributed by atoms with Gasteiger partial charge < -0.3 is 4.57 Å². The van der Waals surface area contributed by atoms with Gasteiger partial charge in [-0.25, -0.2) is 15.0 Å². The predicted octanol–water partition coefficient (Wildman–Crippen LogP) is 15.3. The van der Waals surface area contributed by atoms with E-state index in [9.17, 15) is 0 Å². The number of benzene rings is 9. The molecule has 0 spiro atoms. The molecule has 12 rings (SSSR count). The third-order valence-electron chi connectivity index (χ3n) is 12.2. The summed E-state index contributed by atoms with van der Waals surface area (Å²) in [7, 11) is 0. The number of para-hydroxylation sites is 2. The minimum absolute atomic E-state index is 0.700. The quantitative estimate of drug-likeness (QED) is 0.151. The molecular formula is C59H38N4. The van der Waals surface area contributed by atoms with Crippen LogP contribution < -0.4 is 0 Å². The van der Waals surface area contributed by atoms with Crippen molar-refractivity contribution in [2.45, 2.75) is 0 Å². The lowest BCUT2D eigenvalue weighted by Gasteiger charge is -2.12. The van der Waals surface area contributed by atoms with Crippen LogP contribution in [-0.4, -0.2) is 19.5 Å². The molecular weight excluding hydrogens is 765 g/mol. The van der Waals surface area contributed by atoms with Gasteiger partial charge in [0, 0.05) is 49.5 Å². The Bertz CT molecular complexity index is 3620. The van der Waals surface area contributed by atoms with E-state index in [4.69, 9.17) is 15.0 Å². The van der Waals surface area contributed by atoms with Crippen LogP contribution in [0.4, 0.5) is 0 Å². The average molecular weight is 803 g/mol. The molecule has 4 heteroatoms. The molecule has 4 nitrogen and oxygen atoms in total. The van der Waals surface area contributed by atoms with Crippen molar-refractivity contribution in [3.63, 3.8) is 0 Å². The number of nitrogens with zero attached hydrogens (tertiary/aromatic N) is 4. The van der Waals surface area contributed by atoms with Crippen molar-refractivity contribution in [2.24, 2.45) is 0 Å². The van der Waals surface area contributed by atoms with Crippen molar-refractivity contribution in [2.75, 3.05) is 0 Å². The molecule has 0 aliphatic rings. The van der Waals surface area contributed by atoms with E-state index < -0.39 is 0 Å². The van der Waals surface area contributed by atoms with Crippen LogP contribution in [-0.2, 0) is 0 Å². The van der Waals surface area contributed by atoms with Crippen LogP contribution in [0.5, 0.6) is 0 Å². The number of hydrogen-bond donors (Lipinski definition) is 0. The molecule has 12 aromatic rings. The minimum atomic E-state index is 0.700. The fraction of sp³-hybridized carbons (Fsp3) is 0. The largest absolute Gasteiger partial charge is 0.309 e. The van der Waals surface area contributed by atoms with Gasteiger partial charge in [0.2, 0.25) is 0 Å². The number of pyridine rings is 1. The zero-order chi connectivity index (χ0) is 41.7. The van der Waals surface area contributed by atoms with Gasteiger partial charge in [0.05, 0.1) is 33.6 Å². The second kappa shape index (κ2) is 15.2. The average Bonchev–Trinajstić information content (AvgIpc) is 3.69. The smallest absolute Gasteiger partial charge is 0.160 e. The third-order valence-corrected chi connectivity index (χ3v) is 12.2. The molecule has 0 unspecified atom stereocenters. The molecule has 294 valence electrons. The van der Waals surface area contributed by atoms with Crippen LogP contribution in [0.15, 0.2) is 231 Å². The molecule has 3 aromatic heterocycles. The molecule has 0 radical (unpaired) electrons. The molecule has 9 aromatic carbocycles. The number of fused-ring (bicyclic) bond motifs is 6. The van der Waals surface area contributed by atoms with Crippen LogP contribution in [0, 0.1) is 0 Å². The Labute approximate surface area is 365 Å².